The fourth-order valence-electron chi connectivity index (χ4n) is 3.47. The SMILES string of the molecule is COc1c(C[C@H]2CC(C(=O)N3CCOCC3)=NO2)cc2c(c1OC)OCO2. The second-order valence-corrected chi connectivity index (χ2v) is 6.41. The molecule has 1 aromatic carbocycles. The molecule has 0 bridgehead atoms. The van der Waals surface area contributed by atoms with Crippen molar-refractivity contribution in [3.8, 4) is 23.0 Å². The van der Waals surface area contributed by atoms with E-state index < -0.39 is 0 Å². The van der Waals surface area contributed by atoms with E-state index in [4.69, 9.17) is 28.5 Å². The number of nitrogens with zero attached hydrogens (tertiary/aromatic N) is 2. The standard InChI is InChI=1S/C18H22N2O7/c1-22-15-11(8-14-16(17(15)23-2)26-10-25-14)7-12-9-13(19-27-12)18(21)20-3-5-24-6-4-20/h8,12H,3-7,9-10H2,1-2H3/t12-/m0/s1. The van der Waals surface area contributed by atoms with Gasteiger partial charge in [0.15, 0.2) is 11.5 Å². The zero-order valence-electron chi connectivity index (χ0n) is 15.4. The summed E-state index contributed by atoms with van der Waals surface area (Å²) in [6.07, 6.45) is 0.680. The Kier molecular flexibility index (Phi) is 4.93. The lowest BCUT2D eigenvalue weighted by atomic mass is 10.0. The molecule has 9 nitrogen and oxygen atoms in total. The van der Waals surface area contributed by atoms with Crippen LogP contribution in [0.5, 0.6) is 23.0 Å². The van der Waals surface area contributed by atoms with Gasteiger partial charge in [0.25, 0.3) is 5.91 Å². The average molecular weight is 378 g/mol. The highest BCUT2D eigenvalue weighted by atomic mass is 16.7. The van der Waals surface area contributed by atoms with Crippen LogP contribution < -0.4 is 18.9 Å². The van der Waals surface area contributed by atoms with Crippen LogP contribution in [0.1, 0.15) is 12.0 Å². The van der Waals surface area contributed by atoms with E-state index in [0.717, 1.165) is 5.56 Å². The molecule has 9 heteroatoms. The van der Waals surface area contributed by atoms with Gasteiger partial charge in [0.05, 0.1) is 27.4 Å². The van der Waals surface area contributed by atoms with Gasteiger partial charge in [-0.15, -0.1) is 0 Å². The molecule has 4 rings (SSSR count). The number of hydrogen-bond acceptors (Lipinski definition) is 8. The predicted molar refractivity (Wildman–Crippen MR) is 93.7 cm³/mol. The van der Waals surface area contributed by atoms with E-state index in [1.165, 1.54) is 0 Å². The molecule has 3 aliphatic heterocycles. The Balaban J connectivity index is 1.47. The molecule has 0 spiro atoms. The third-order valence-corrected chi connectivity index (χ3v) is 4.78. The van der Waals surface area contributed by atoms with E-state index in [9.17, 15) is 4.79 Å². The number of hydrogen-bond donors (Lipinski definition) is 0. The average Bonchev–Trinajstić information content (AvgIpc) is 3.36. The minimum absolute atomic E-state index is 0.0870. The van der Waals surface area contributed by atoms with Gasteiger partial charge in [-0.05, 0) is 6.07 Å². The van der Waals surface area contributed by atoms with Crippen LogP contribution in [0, 0.1) is 0 Å². The highest BCUT2D eigenvalue weighted by Crippen LogP contribution is 2.49. The molecule has 0 saturated carbocycles. The summed E-state index contributed by atoms with van der Waals surface area (Å²) in [7, 11) is 3.13. The Morgan fingerprint density at radius 1 is 1.22 bits per heavy atom. The number of amides is 1. The van der Waals surface area contributed by atoms with Crippen LogP contribution >= 0.6 is 0 Å². The molecule has 1 amide bonds. The summed E-state index contributed by atoms with van der Waals surface area (Å²) < 4.78 is 27.2. The monoisotopic (exact) mass is 378 g/mol. The van der Waals surface area contributed by atoms with Crippen LogP contribution in [0.3, 0.4) is 0 Å². The zero-order chi connectivity index (χ0) is 18.8. The van der Waals surface area contributed by atoms with Crippen molar-refractivity contribution in [3.63, 3.8) is 0 Å². The van der Waals surface area contributed by atoms with Gasteiger partial charge in [0.1, 0.15) is 11.8 Å². The lowest BCUT2D eigenvalue weighted by molar-refractivity contribution is -0.128. The first-order chi connectivity index (χ1) is 13.2. The van der Waals surface area contributed by atoms with Crippen LogP contribution in [-0.2, 0) is 20.8 Å². The van der Waals surface area contributed by atoms with E-state index >= 15 is 0 Å². The zero-order valence-corrected chi connectivity index (χ0v) is 15.4. The first-order valence-corrected chi connectivity index (χ1v) is 8.84. The van der Waals surface area contributed by atoms with E-state index in [1.807, 2.05) is 6.07 Å². The third-order valence-electron chi connectivity index (χ3n) is 4.78. The van der Waals surface area contributed by atoms with Gasteiger partial charge in [0.2, 0.25) is 18.3 Å². The Morgan fingerprint density at radius 2 is 2.00 bits per heavy atom. The van der Waals surface area contributed by atoms with Gasteiger partial charge in [-0.25, -0.2) is 0 Å². The fraction of sp³-hybridized carbons (Fsp3) is 0.556. The Morgan fingerprint density at radius 3 is 2.74 bits per heavy atom. The van der Waals surface area contributed by atoms with Crippen molar-refractivity contribution >= 4 is 11.6 Å². The third kappa shape index (κ3) is 3.34. The molecule has 0 aromatic heterocycles. The molecule has 0 aliphatic carbocycles. The lowest BCUT2D eigenvalue weighted by Gasteiger charge is -2.26. The Bertz CT molecular complexity index is 759. The molecule has 0 radical (unpaired) electrons. The number of morpholine rings is 1. The first kappa shape index (κ1) is 17.7. The molecule has 1 atom stereocenters. The molecule has 0 unspecified atom stereocenters. The number of benzene rings is 1. The summed E-state index contributed by atoms with van der Waals surface area (Å²) >= 11 is 0. The topological polar surface area (TPSA) is 88.1 Å². The summed E-state index contributed by atoms with van der Waals surface area (Å²) in [4.78, 5) is 19.8. The van der Waals surface area contributed by atoms with Crippen LogP contribution in [0.25, 0.3) is 0 Å². The summed E-state index contributed by atoms with van der Waals surface area (Å²) in [5, 5.41) is 4.02. The highest BCUT2D eigenvalue weighted by molar-refractivity contribution is 6.39. The van der Waals surface area contributed by atoms with Gasteiger partial charge in [-0.2, -0.15) is 0 Å². The maximum absolute atomic E-state index is 12.6. The highest BCUT2D eigenvalue weighted by Gasteiger charge is 2.33. The number of fused-ring (bicyclic) bond motifs is 1. The van der Waals surface area contributed by atoms with Gasteiger partial charge < -0.3 is 33.4 Å². The summed E-state index contributed by atoms with van der Waals surface area (Å²) in [5.41, 5.74) is 1.28. The van der Waals surface area contributed by atoms with Gasteiger partial charge >= 0.3 is 0 Å². The van der Waals surface area contributed by atoms with E-state index in [0.29, 0.717) is 67.9 Å². The first-order valence-electron chi connectivity index (χ1n) is 8.84. The Hall–Kier alpha value is -2.68. The van der Waals surface area contributed by atoms with Gasteiger partial charge in [0, 0.05) is 31.5 Å². The molecule has 146 valence electrons. The predicted octanol–water partition coefficient (Wildman–Crippen LogP) is 0.979. The molecule has 3 heterocycles. The van der Waals surface area contributed by atoms with Crippen LogP contribution in [0.4, 0.5) is 0 Å². The number of oxime groups is 1. The largest absolute Gasteiger partial charge is 0.492 e. The smallest absolute Gasteiger partial charge is 0.271 e. The number of carbonyl (C=O) groups excluding carboxylic acids is 1. The van der Waals surface area contributed by atoms with Crippen LogP contribution in [-0.4, -0.2) is 69.9 Å². The van der Waals surface area contributed by atoms with E-state index in [1.54, 1.807) is 19.1 Å². The normalized spacial score (nSPS) is 20.9. The summed E-state index contributed by atoms with van der Waals surface area (Å²) in [6.45, 7) is 2.40. The number of rotatable bonds is 5. The molecular weight excluding hydrogens is 356 g/mol. The maximum atomic E-state index is 12.6. The molecular formula is C18H22N2O7. The van der Waals surface area contributed by atoms with Crippen LogP contribution in [0.15, 0.2) is 11.2 Å². The number of carbonyl (C=O) groups is 1. The summed E-state index contributed by atoms with van der Waals surface area (Å²) in [6, 6.07) is 1.86. The minimum Gasteiger partial charge on any atom is -0.492 e. The molecule has 1 aromatic rings. The van der Waals surface area contributed by atoms with E-state index in [-0.39, 0.29) is 18.8 Å². The van der Waals surface area contributed by atoms with Crippen molar-refractivity contribution in [1.82, 2.24) is 4.90 Å². The second kappa shape index (κ2) is 7.51. The van der Waals surface area contributed by atoms with Gasteiger partial charge in [-0.1, -0.05) is 5.16 Å². The molecule has 0 N–H and O–H groups in total. The van der Waals surface area contributed by atoms with Crippen molar-refractivity contribution in [2.24, 2.45) is 5.16 Å². The van der Waals surface area contributed by atoms with Crippen molar-refractivity contribution in [3.05, 3.63) is 11.6 Å². The second-order valence-electron chi connectivity index (χ2n) is 6.41. The Labute approximate surface area is 156 Å². The minimum atomic E-state index is -0.260. The van der Waals surface area contributed by atoms with Gasteiger partial charge in [-0.3, -0.25) is 4.79 Å². The van der Waals surface area contributed by atoms with Crippen molar-refractivity contribution in [2.45, 2.75) is 18.9 Å². The van der Waals surface area contributed by atoms with Crippen molar-refractivity contribution in [2.75, 3.05) is 47.3 Å². The molecule has 27 heavy (non-hydrogen) atoms. The quantitative estimate of drug-likeness (QED) is 0.755. The van der Waals surface area contributed by atoms with Crippen LogP contribution in [0.2, 0.25) is 0 Å². The molecule has 3 aliphatic rings. The number of ether oxygens (including phenoxy) is 5. The molecule has 1 fully saturated rings. The maximum Gasteiger partial charge on any atom is 0.271 e. The number of methoxy groups -OCH3 is 2. The van der Waals surface area contributed by atoms with Crippen molar-refractivity contribution in [1.29, 1.82) is 0 Å². The summed E-state index contributed by atoms with van der Waals surface area (Å²) in [5.74, 6) is 2.11. The van der Waals surface area contributed by atoms with E-state index in [2.05, 4.69) is 5.16 Å². The van der Waals surface area contributed by atoms with Crippen molar-refractivity contribution < 1.29 is 33.3 Å². The fourth-order valence-corrected chi connectivity index (χ4v) is 3.47. The lowest BCUT2D eigenvalue weighted by Crippen LogP contribution is -2.44. The molecule has 1 saturated heterocycles.